The fourth-order valence-electron chi connectivity index (χ4n) is 3.06. The number of anilines is 1. The first-order valence-corrected chi connectivity index (χ1v) is 10.3. The van der Waals surface area contributed by atoms with E-state index in [0.29, 0.717) is 40.4 Å². The summed E-state index contributed by atoms with van der Waals surface area (Å²) in [5.74, 6) is 0.287. The molecule has 0 atom stereocenters. The van der Waals surface area contributed by atoms with Crippen molar-refractivity contribution in [2.75, 3.05) is 24.7 Å². The summed E-state index contributed by atoms with van der Waals surface area (Å²) in [6, 6.07) is 15.2. The molecule has 0 radical (unpaired) electrons. The monoisotopic (exact) mass is 426 g/mol. The number of benzene rings is 2. The maximum atomic E-state index is 12.7. The molecule has 1 fully saturated rings. The normalized spacial score (nSPS) is 17.1. The summed E-state index contributed by atoms with van der Waals surface area (Å²) in [6.07, 6.45) is 1.75. The second-order valence-electron chi connectivity index (χ2n) is 6.45. The Bertz CT molecular complexity index is 991. The largest absolute Gasteiger partial charge is 0.490 e. The molecule has 2 aromatic rings. The SMILES string of the molecule is O=C1NC(=S)S/C1=C\c1ccc2c(c1)N(C(=O)COCc1ccccc1)CCO2. The average Bonchev–Trinajstić information content (AvgIpc) is 3.05. The van der Waals surface area contributed by atoms with Gasteiger partial charge in [-0.25, -0.2) is 0 Å². The fraction of sp³-hybridized carbons (Fsp3) is 0.190. The van der Waals surface area contributed by atoms with Crippen molar-refractivity contribution in [2.24, 2.45) is 0 Å². The van der Waals surface area contributed by atoms with Crippen LogP contribution in [0.15, 0.2) is 53.4 Å². The van der Waals surface area contributed by atoms with Gasteiger partial charge < -0.3 is 19.7 Å². The minimum Gasteiger partial charge on any atom is -0.490 e. The standard InChI is InChI=1S/C21H18N2O4S2/c24-19(13-26-12-14-4-2-1-3-5-14)23-8-9-27-17-7-6-15(10-16(17)23)11-18-20(25)22-21(28)29-18/h1-7,10-11H,8-9,12-13H2,(H,22,25,28)/b18-11-. The van der Waals surface area contributed by atoms with Gasteiger partial charge in [0.05, 0.1) is 23.7 Å². The van der Waals surface area contributed by atoms with Gasteiger partial charge in [0.1, 0.15) is 23.3 Å². The first-order valence-electron chi connectivity index (χ1n) is 9.04. The minimum absolute atomic E-state index is 0.0216. The quantitative estimate of drug-likeness (QED) is 0.585. The van der Waals surface area contributed by atoms with E-state index in [1.165, 1.54) is 11.8 Å². The van der Waals surface area contributed by atoms with Gasteiger partial charge in [-0.15, -0.1) is 0 Å². The lowest BCUT2D eigenvalue weighted by atomic mass is 10.1. The number of rotatable bonds is 5. The molecule has 2 aliphatic heterocycles. The zero-order chi connectivity index (χ0) is 20.2. The third kappa shape index (κ3) is 4.67. The molecule has 6 nitrogen and oxygen atoms in total. The summed E-state index contributed by atoms with van der Waals surface area (Å²) in [4.78, 5) is 26.8. The maximum absolute atomic E-state index is 12.7. The minimum atomic E-state index is -0.212. The number of thioether (sulfide) groups is 1. The fourth-order valence-corrected chi connectivity index (χ4v) is 4.11. The first kappa shape index (κ1) is 19.6. The summed E-state index contributed by atoms with van der Waals surface area (Å²) in [6.45, 7) is 1.22. The molecule has 0 aromatic heterocycles. The molecule has 148 valence electrons. The molecule has 0 bridgehead atoms. The van der Waals surface area contributed by atoms with Gasteiger partial charge in [-0.3, -0.25) is 9.59 Å². The molecule has 1 saturated heterocycles. The van der Waals surface area contributed by atoms with Crippen molar-refractivity contribution < 1.29 is 19.1 Å². The Balaban J connectivity index is 1.48. The van der Waals surface area contributed by atoms with Gasteiger partial charge in [-0.1, -0.05) is 60.4 Å². The summed E-state index contributed by atoms with van der Waals surface area (Å²) in [7, 11) is 0. The lowest BCUT2D eigenvalue weighted by molar-refractivity contribution is -0.123. The molecule has 2 heterocycles. The van der Waals surface area contributed by atoms with Gasteiger partial charge in [-0.2, -0.15) is 0 Å². The highest BCUT2D eigenvalue weighted by atomic mass is 32.2. The predicted octanol–water partition coefficient (Wildman–Crippen LogP) is 3.12. The summed E-state index contributed by atoms with van der Waals surface area (Å²) in [5, 5.41) is 2.59. The molecule has 0 spiro atoms. The van der Waals surface area contributed by atoms with E-state index in [4.69, 9.17) is 21.7 Å². The van der Waals surface area contributed by atoms with Crippen LogP contribution in [0.2, 0.25) is 0 Å². The van der Waals surface area contributed by atoms with Crippen LogP contribution in [-0.4, -0.2) is 35.9 Å². The Morgan fingerprint density at radius 1 is 1.28 bits per heavy atom. The number of carbonyl (C=O) groups is 2. The van der Waals surface area contributed by atoms with Crippen molar-refractivity contribution in [3.8, 4) is 5.75 Å². The van der Waals surface area contributed by atoms with Crippen molar-refractivity contribution >= 4 is 51.9 Å². The van der Waals surface area contributed by atoms with Gasteiger partial charge in [0.25, 0.3) is 11.8 Å². The smallest absolute Gasteiger partial charge is 0.263 e. The summed E-state index contributed by atoms with van der Waals surface area (Å²) >= 11 is 6.24. The topological polar surface area (TPSA) is 67.9 Å². The third-order valence-electron chi connectivity index (χ3n) is 4.42. The third-order valence-corrected chi connectivity index (χ3v) is 5.59. The number of fused-ring (bicyclic) bond motifs is 1. The zero-order valence-electron chi connectivity index (χ0n) is 15.4. The van der Waals surface area contributed by atoms with Crippen LogP contribution in [0.4, 0.5) is 5.69 Å². The molecule has 0 saturated carbocycles. The van der Waals surface area contributed by atoms with E-state index in [-0.39, 0.29) is 18.4 Å². The number of hydrogen-bond donors (Lipinski definition) is 1. The van der Waals surface area contributed by atoms with Gasteiger partial charge in [0.2, 0.25) is 0 Å². The predicted molar refractivity (Wildman–Crippen MR) is 117 cm³/mol. The van der Waals surface area contributed by atoms with E-state index in [1.54, 1.807) is 11.0 Å². The second kappa shape index (κ2) is 8.77. The first-order chi connectivity index (χ1) is 14.1. The van der Waals surface area contributed by atoms with Crippen LogP contribution < -0.4 is 15.0 Å². The molecule has 29 heavy (non-hydrogen) atoms. The molecule has 8 heteroatoms. The Labute approximate surface area is 177 Å². The van der Waals surface area contributed by atoms with Crippen LogP contribution in [0.25, 0.3) is 6.08 Å². The maximum Gasteiger partial charge on any atom is 0.263 e. The molecule has 0 aliphatic carbocycles. The van der Waals surface area contributed by atoms with Crippen molar-refractivity contribution in [2.45, 2.75) is 6.61 Å². The molecule has 2 aromatic carbocycles. The Morgan fingerprint density at radius 2 is 2.10 bits per heavy atom. The van der Waals surface area contributed by atoms with Crippen LogP contribution in [0, 0.1) is 0 Å². The molecule has 4 rings (SSSR count). The molecular weight excluding hydrogens is 408 g/mol. The lowest BCUT2D eigenvalue weighted by Crippen LogP contribution is -2.40. The molecule has 2 amide bonds. The Hall–Kier alpha value is -2.68. The van der Waals surface area contributed by atoms with Gasteiger partial charge in [0, 0.05) is 0 Å². The van der Waals surface area contributed by atoms with Crippen LogP contribution in [-0.2, 0) is 20.9 Å². The number of nitrogens with one attached hydrogen (secondary N) is 1. The molecule has 1 N–H and O–H groups in total. The van der Waals surface area contributed by atoms with E-state index in [1.807, 2.05) is 48.5 Å². The average molecular weight is 427 g/mol. The van der Waals surface area contributed by atoms with Crippen LogP contribution in [0.5, 0.6) is 5.75 Å². The van der Waals surface area contributed by atoms with Crippen LogP contribution in [0.3, 0.4) is 0 Å². The number of nitrogens with zero attached hydrogens (tertiary/aromatic N) is 1. The number of carbonyl (C=O) groups excluding carboxylic acids is 2. The van der Waals surface area contributed by atoms with Crippen molar-refractivity contribution in [1.29, 1.82) is 0 Å². The Kier molecular flexibility index (Phi) is 5.94. The highest BCUT2D eigenvalue weighted by Gasteiger charge is 2.25. The van der Waals surface area contributed by atoms with Gasteiger partial charge in [-0.05, 0) is 29.3 Å². The number of hydrogen-bond acceptors (Lipinski definition) is 6. The zero-order valence-corrected chi connectivity index (χ0v) is 17.1. The Morgan fingerprint density at radius 3 is 2.86 bits per heavy atom. The molecular formula is C21H18N2O4S2. The van der Waals surface area contributed by atoms with Crippen molar-refractivity contribution in [3.63, 3.8) is 0 Å². The van der Waals surface area contributed by atoms with Crippen LogP contribution in [0.1, 0.15) is 11.1 Å². The molecule has 0 unspecified atom stereocenters. The molecule has 2 aliphatic rings. The highest BCUT2D eigenvalue weighted by molar-refractivity contribution is 8.26. The lowest BCUT2D eigenvalue weighted by Gasteiger charge is -2.29. The van der Waals surface area contributed by atoms with E-state index in [2.05, 4.69) is 5.32 Å². The number of ether oxygens (including phenoxy) is 2. The number of amides is 2. The summed E-state index contributed by atoms with van der Waals surface area (Å²) < 4.78 is 11.7. The van der Waals surface area contributed by atoms with E-state index in [9.17, 15) is 9.59 Å². The van der Waals surface area contributed by atoms with Crippen molar-refractivity contribution in [1.82, 2.24) is 5.32 Å². The van der Waals surface area contributed by atoms with Gasteiger partial charge in [0.15, 0.2) is 0 Å². The van der Waals surface area contributed by atoms with E-state index < -0.39 is 0 Å². The van der Waals surface area contributed by atoms with Crippen molar-refractivity contribution in [3.05, 3.63) is 64.6 Å². The highest BCUT2D eigenvalue weighted by Crippen LogP contribution is 2.34. The van der Waals surface area contributed by atoms with E-state index >= 15 is 0 Å². The number of thiocarbonyl (C=S) groups is 1. The summed E-state index contributed by atoms with van der Waals surface area (Å²) in [5.41, 5.74) is 2.48. The van der Waals surface area contributed by atoms with E-state index in [0.717, 1.165) is 11.1 Å². The van der Waals surface area contributed by atoms with Crippen LogP contribution >= 0.6 is 24.0 Å². The second-order valence-corrected chi connectivity index (χ2v) is 8.17. The van der Waals surface area contributed by atoms with Gasteiger partial charge >= 0.3 is 0 Å².